The number of carbonyl (C=O) groups is 2. The molecule has 0 radical (unpaired) electrons. The van der Waals surface area contributed by atoms with Gasteiger partial charge in [-0.15, -0.1) is 0 Å². The molecule has 1 fully saturated rings. The van der Waals surface area contributed by atoms with Crippen LogP contribution >= 0.6 is 0 Å². The second kappa shape index (κ2) is 8.22. The van der Waals surface area contributed by atoms with Crippen LogP contribution in [0.5, 0.6) is 11.5 Å². The van der Waals surface area contributed by atoms with Crippen molar-refractivity contribution in [3.05, 3.63) is 60.2 Å². The maximum absolute atomic E-state index is 12.8. The Balaban J connectivity index is 1.70. The Morgan fingerprint density at radius 3 is 2.37 bits per heavy atom. The lowest BCUT2D eigenvalue weighted by molar-refractivity contribution is -0.155. The molecular formula is C21H23NO5. The number of piperidine rings is 1. The van der Waals surface area contributed by atoms with Gasteiger partial charge in [-0.3, -0.25) is 9.59 Å². The zero-order chi connectivity index (χ0) is 19.3. The second-order valence-electron chi connectivity index (χ2n) is 6.79. The van der Waals surface area contributed by atoms with Gasteiger partial charge < -0.3 is 19.5 Å². The molecule has 0 spiro atoms. The number of carbonyl (C=O) groups excluding carboxylic acids is 1. The third kappa shape index (κ3) is 4.28. The van der Waals surface area contributed by atoms with Crippen molar-refractivity contribution in [2.24, 2.45) is 5.41 Å². The number of likely N-dealkylation sites (tertiary alicyclic amines) is 1. The zero-order valence-corrected chi connectivity index (χ0v) is 15.3. The number of hydrogen-bond donors (Lipinski definition) is 1. The van der Waals surface area contributed by atoms with E-state index in [4.69, 9.17) is 9.47 Å². The molecule has 1 aliphatic rings. The van der Waals surface area contributed by atoms with Gasteiger partial charge in [0, 0.05) is 25.8 Å². The molecule has 2 aromatic carbocycles. The summed E-state index contributed by atoms with van der Waals surface area (Å²) in [6.07, 6.45) is 1.14. The van der Waals surface area contributed by atoms with Crippen LogP contribution in [0, 0.1) is 5.41 Å². The summed E-state index contributed by atoms with van der Waals surface area (Å²) in [6.45, 7) is 0.785. The lowest BCUT2D eigenvalue weighted by Crippen LogP contribution is -2.52. The first-order chi connectivity index (χ1) is 13.0. The molecule has 6 heteroatoms. The first kappa shape index (κ1) is 18.9. The van der Waals surface area contributed by atoms with E-state index in [1.165, 1.54) is 7.11 Å². The summed E-state index contributed by atoms with van der Waals surface area (Å²) in [5, 5.41) is 9.63. The highest BCUT2D eigenvalue weighted by Crippen LogP contribution is 2.32. The first-order valence-electron chi connectivity index (χ1n) is 8.89. The van der Waals surface area contributed by atoms with Crippen LogP contribution in [0.2, 0.25) is 0 Å². The van der Waals surface area contributed by atoms with Gasteiger partial charge in [0.25, 0.3) is 5.91 Å². The van der Waals surface area contributed by atoms with Crippen LogP contribution in [0.4, 0.5) is 0 Å². The van der Waals surface area contributed by atoms with Crippen molar-refractivity contribution in [2.75, 3.05) is 26.8 Å². The van der Waals surface area contributed by atoms with Crippen molar-refractivity contribution >= 4 is 11.9 Å². The van der Waals surface area contributed by atoms with E-state index < -0.39 is 11.4 Å². The number of aliphatic carboxylic acids is 1. The van der Waals surface area contributed by atoms with Crippen molar-refractivity contribution in [3.63, 3.8) is 0 Å². The van der Waals surface area contributed by atoms with Crippen LogP contribution in [-0.4, -0.2) is 48.7 Å². The fraction of sp³-hybridized carbons (Fsp3) is 0.333. The van der Waals surface area contributed by atoms with Crippen LogP contribution in [0.15, 0.2) is 54.6 Å². The van der Waals surface area contributed by atoms with E-state index in [0.717, 1.165) is 5.75 Å². The van der Waals surface area contributed by atoms with Gasteiger partial charge in [0.1, 0.15) is 16.9 Å². The summed E-state index contributed by atoms with van der Waals surface area (Å²) in [6, 6.07) is 16.3. The van der Waals surface area contributed by atoms with Crippen LogP contribution in [0.25, 0.3) is 0 Å². The molecule has 1 aliphatic heterocycles. The minimum atomic E-state index is -1.04. The molecular weight excluding hydrogens is 346 g/mol. The predicted molar refractivity (Wildman–Crippen MR) is 100 cm³/mol. The molecule has 0 saturated carbocycles. The lowest BCUT2D eigenvalue weighted by atomic mass is 9.80. The average molecular weight is 369 g/mol. The zero-order valence-electron chi connectivity index (χ0n) is 15.3. The molecule has 27 heavy (non-hydrogen) atoms. The summed E-state index contributed by atoms with van der Waals surface area (Å²) < 4.78 is 10.9. The Morgan fingerprint density at radius 2 is 1.74 bits per heavy atom. The van der Waals surface area contributed by atoms with Gasteiger partial charge in [-0.2, -0.15) is 0 Å². The Bertz CT molecular complexity index is 786. The van der Waals surface area contributed by atoms with Crippen molar-refractivity contribution < 1.29 is 24.2 Å². The molecule has 1 heterocycles. The summed E-state index contributed by atoms with van der Waals surface area (Å²) in [5.74, 6) is 0.255. The highest BCUT2D eigenvalue weighted by Gasteiger charge is 2.43. The molecule has 0 aliphatic carbocycles. The molecule has 1 saturated heterocycles. The van der Waals surface area contributed by atoms with E-state index in [0.29, 0.717) is 30.7 Å². The van der Waals surface area contributed by atoms with Gasteiger partial charge in [0.05, 0.1) is 6.61 Å². The fourth-order valence-electron chi connectivity index (χ4n) is 3.41. The minimum Gasteiger partial charge on any atom is -0.481 e. The SMILES string of the molecule is COCC1(C(=O)O)CCCN(C(=O)c2ccc(Oc3ccccc3)cc2)C1. The number of methoxy groups -OCH3 is 1. The van der Waals surface area contributed by atoms with Gasteiger partial charge in [-0.1, -0.05) is 18.2 Å². The topological polar surface area (TPSA) is 76.1 Å². The third-order valence-corrected chi connectivity index (χ3v) is 4.82. The minimum absolute atomic E-state index is 0.0932. The quantitative estimate of drug-likeness (QED) is 0.844. The van der Waals surface area contributed by atoms with Crippen LogP contribution < -0.4 is 4.74 Å². The summed E-state index contributed by atoms with van der Waals surface area (Å²) in [7, 11) is 1.48. The number of nitrogens with zero attached hydrogens (tertiary/aromatic N) is 1. The number of benzene rings is 2. The monoisotopic (exact) mass is 369 g/mol. The van der Waals surface area contributed by atoms with E-state index in [9.17, 15) is 14.7 Å². The summed E-state index contributed by atoms with van der Waals surface area (Å²) in [4.78, 5) is 26.2. The van der Waals surface area contributed by atoms with E-state index >= 15 is 0 Å². The van der Waals surface area contributed by atoms with E-state index in [1.54, 1.807) is 29.2 Å². The molecule has 1 amide bonds. The molecule has 1 N–H and O–H groups in total. The van der Waals surface area contributed by atoms with Gasteiger partial charge in [-0.05, 0) is 49.2 Å². The molecule has 6 nitrogen and oxygen atoms in total. The summed E-state index contributed by atoms with van der Waals surface area (Å²) in [5.41, 5.74) is -0.534. The molecule has 0 aromatic heterocycles. The Morgan fingerprint density at radius 1 is 1.07 bits per heavy atom. The number of amides is 1. The maximum atomic E-state index is 12.8. The van der Waals surface area contributed by atoms with Crippen LogP contribution in [-0.2, 0) is 9.53 Å². The number of ether oxygens (including phenoxy) is 2. The normalized spacial score (nSPS) is 19.5. The number of rotatable bonds is 6. The second-order valence-corrected chi connectivity index (χ2v) is 6.79. The van der Waals surface area contributed by atoms with E-state index in [2.05, 4.69) is 0 Å². The molecule has 1 atom stereocenters. The maximum Gasteiger partial charge on any atom is 0.313 e. The summed E-state index contributed by atoms with van der Waals surface area (Å²) >= 11 is 0. The van der Waals surface area contributed by atoms with Crippen LogP contribution in [0.3, 0.4) is 0 Å². The Kier molecular flexibility index (Phi) is 5.76. The Labute approximate surface area is 158 Å². The standard InChI is InChI=1S/C21H23NO5/c1-26-15-21(20(24)25)12-5-13-22(14-21)19(23)16-8-10-18(11-9-16)27-17-6-3-2-4-7-17/h2-4,6-11H,5,12-15H2,1H3,(H,24,25). The van der Waals surface area contributed by atoms with Gasteiger partial charge in [0.2, 0.25) is 0 Å². The third-order valence-electron chi connectivity index (χ3n) is 4.82. The predicted octanol–water partition coefficient (Wildman–Crippen LogP) is 3.43. The average Bonchev–Trinajstić information content (AvgIpc) is 2.69. The molecule has 142 valence electrons. The van der Waals surface area contributed by atoms with Crippen molar-refractivity contribution in [1.82, 2.24) is 4.90 Å². The van der Waals surface area contributed by atoms with Crippen molar-refractivity contribution in [3.8, 4) is 11.5 Å². The van der Waals surface area contributed by atoms with Gasteiger partial charge in [-0.25, -0.2) is 0 Å². The number of hydrogen-bond acceptors (Lipinski definition) is 4. The number of carboxylic acid groups (broad SMARTS) is 1. The van der Waals surface area contributed by atoms with Crippen LogP contribution in [0.1, 0.15) is 23.2 Å². The highest BCUT2D eigenvalue weighted by molar-refractivity contribution is 5.95. The van der Waals surface area contributed by atoms with Crippen molar-refractivity contribution in [1.29, 1.82) is 0 Å². The smallest absolute Gasteiger partial charge is 0.313 e. The van der Waals surface area contributed by atoms with E-state index in [-0.39, 0.29) is 19.1 Å². The Hall–Kier alpha value is -2.86. The van der Waals surface area contributed by atoms with Crippen molar-refractivity contribution in [2.45, 2.75) is 12.8 Å². The molecule has 1 unspecified atom stereocenters. The largest absolute Gasteiger partial charge is 0.481 e. The lowest BCUT2D eigenvalue weighted by Gasteiger charge is -2.39. The fourth-order valence-corrected chi connectivity index (χ4v) is 3.41. The highest BCUT2D eigenvalue weighted by atomic mass is 16.5. The van der Waals surface area contributed by atoms with Gasteiger partial charge >= 0.3 is 5.97 Å². The number of para-hydroxylation sites is 1. The van der Waals surface area contributed by atoms with E-state index in [1.807, 2.05) is 30.3 Å². The molecule has 0 bridgehead atoms. The molecule has 2 aromatic rings. The van der Waals surface area contributed by atoms with Gasteiger partial charge in [0.15, 0.2) is 0 Å². The number of carboxylic acids is 1. The molecule has 3 rings (SSSR count). The first-order valence-corrected chi connectivity index (χ1v) is 8.89.